The van der Waals surface area contributed by atoms with Gasteiger partial charge in [0, 0.05) is 0 Å². The van der Waals surface area contributed by atoms with E-state index in [9.17, 15) is 9.59 Å². The second-order valence-electron chi connectivity index (χ2n) is 3.88. The minimum absolute atomic E-state index is 0.0961. The van der Waals surface area contributed by atoms with Gasteiger partial charge >= 0.3 is 0 Å². The summed E-state index contributed by atoms with van der Waals surface area (Å²) in [6, 6.07) is 0. The summed E-state index contributed by atoms with van der Waals surface area (Å²) in [5.74, 6) is -0.942. The Labute approximate surface area is 77.3 Å². The monoisotopic (exact) mass is 179 g/mol. The van der Waals surface area contributed by atoms with Crippen LogP contribution < -0.4 is 5.73 Å². The van der Waals surface area contributed by atoms with Gasteiger partial charge in [0.15, 0.2) is 5.78 Å². The van der Waals surface area contributed by atoms with Gasteiger partial charge < -0.3 is 5.73 Å². The molecule has 0 heterocycles. The highest BCUT2D eigenvalue weighted by Crippen LogP contribution is 2.27. The first kappa shape index (κ1) is 9.71. The molecule has 0 atom stereocenters. The van der Waals surface area contributed by atoms with Gasteiger partial charge in [0.25, 0.3) is 5.91 Å². The number of ketones is 1. The van der Waals surface area contributed by atoms with E-state index in [1.165, 1.54) is 6.08 Å². The SMILES string of the molecule is CC1(C)C=C(C(N)=O)C(=O)C=CC1. The molecule has 1 rings (SSSR count). The summed E-state index contributed by atoms with van der Waals surface area (Å²) >= 11 is 0. The van der Waals surface area contributed by atoms with Crippen LogP contribution >= 0.6 is 0 Å². The van der Waals surface area contributed by atoms with Gasteiger partial charge in [0.1, 0.15) is 0 Å². The molecule has 0 unspecified atom stereocenters. The van der Waals surface area contributed by atoms with Gasteiger partial charge in [-0.2, -0.15) is 0 Å². The Balaban J connectivity index is 3.13. The minimum atomic E-state index is -0.648. The van der Waals surface area contributed by atoms with Crippen LogP contribution in [0.15, 0.2) is 23.8 Å². The van der Waals surface area contributed by atoms with Crippen LogP contribution in [0.3, 0.4) is 0 Å². The molecule has 0 fully saturated rings. The van der Waals surface area contributed by atoms with Crippen molar-refractivity contribution in [3.63, 3.8) is 0 Å². The van der Waals surface area contributed by atoms with Crippen molar-refractivity contribution in [2.24, 2.45) is 11.1 Å². The van der Waals surface area contributed by atoms with E-state index in [0.29, 0.717) is 0 Å². The van der Waals surface area contributed by atoms with Gasteiger partial charge in [-0.3, -0.25) is 9.59 Å². The highest BCUT2D eigenvalue weighted by molar-refractivity contribution is 6.23. The molecular weight excluding hydrogens is 166 g/mol. The van der Waals surface area contributed by atoms with Gasteiger partial charge in [-0.05, 0) is 17.9 Å². The second kappa shape index (κ2) is 3.17. The van der Waals surface area contributed by atoms with E-state index in [4.69, 9.17) is 5.73 Å². The fourth-order valence-electron chi connectivity index (χ4n) is 1.27. The zero-order valence-electron chi connectivity index (χ0n) is 7.83. The van der Waals surface area contributed by atoms with Crippen LogP contribution in [0.25, 0.3) is 0 Å². The molecule has 0 saturated heterocycles. The maximum atomic E-state index is 11.3. The number of carbonyl (C=O) groups is 2. The molecule has 0 saturated carbocycles. The summed E-state index contributed by atoms with van der Waals surface area (Å²) < 4.78 is 0. The van der Waals surface area contributed by atoms with E-state index >= 15 is 0 Å². The standard InChI is InChI=1S/C10H13NO2/c1-10(2)5-3-4-8(12)7(6-10)9(11)13/h3-4,6H,5H2,1-2H3,(H2,11,13). The third-order valence-corrected chi connectivity index (χ3v) is 1.98. The van der Waals surface area contributed by atoms with Crippen LogP contribution in [0.5, 0.6) is 0 Å². The van der Waals surface area contributed by atoms with Crippen LogP contribution in [0.2, 0.25) is 0 Å². The number of hydrogen-bond donors (Lipinski definition) is 1. The predicted molar refractivity (Wildman–Crippen MR) is 49.8 cm³/mol. The lowest BCUT2D eigenvalue weighted by Gasteiger charge is -2.16. The highest BCUT2D eigenvalue weighted by atomic mass is 16.2. The number of allylic oxidation sites excluding steroid dienone is 3. The van der Waals surface area contributed by atoms with E-state index < -0.39 is 5.91 Å². The fraction of sp³-hybridized carbons (Fsp3) is 0.400. The molecule has 0 aliphatic heterocycles. The summed E-state index contributed by atoms with van der Waals surface area (Å²) in [5, 5.41) is 0. The van der Waals surface area contributed by atoms with Crippen LogP contribution in [0.1, 0.15) is 20.3 Å². The molecular formula is C10H13NO2. The first-order chi connectivity index (χ1) is 5.92. The Morgan fingerprint density at radius 1 is 1.54 bits per heavy atom. The number of amides is 1. The smallest absolute Gasteiger partial charge is 0.252 e. The largest absolute Gasteiger partial charge is 0.365 e. The fourth-order valence-corrected chi connectivity index (χ4v) is 1.27. The van der Waals surface area contributed by atoms with Crippen molar-refractivity contribution in [3.8, 4) is 0 Å². The van der Waals surface area contributed by atoms with E-state index in [-0.39, 0.29) is 16.8 Å². The van der Waals surface area contributed by atoms with Gasteiger partial charge in [-0.15, -0.1) is 0 Å². The quantitative estimate of drug-likeness (QED) is 0.609. The zero-order chi connectivity index (χ0) is 10.1. The van der Waals surface area contributed by atoms with Crippen LogP contribution in [-0.2, 0) is 9.59 Å². The van der Waals surface area contributed by atoms with E-state index in [2.05, 4.69) is 0 Å². The molecule has 0 aromatic rings. The number of primary amides is 1. The van der Waals surface area contributed by atoms with E-state index in [0.717, 1.165) is 6.42 Å². The van der Waals surface area contributed by atoms with Crippen molar-refractivity contribution in [1.82, 2.24) is 0 Å². The lowest BCUT2D eigenvalue weighted by atomic mass is 9.88. The van der Waals surface area contributed by atoms with Gasteiger partial charge in [-0.25, -0.2) is 0 Å². The Kier molecular flexibility index (Phi) is 2.36. The zero-order valence-corrected chi connectivity index (χ0v) is 7.83. The Hall–Kier alpha value is -1.38. The summed E-state index contributed by atoms with van der Waals surface area (Å²) in [7, 11) is 0. The van der Waals surface area contributed by atoms with Crippen LogP contribution in [0.4, 0.5) is 0 Å². The molecule has 2 N–H and O–H groups in total. The third kappa shape index (κ3) is 2.28. The number of carbonyl (C=O) groups excluding carboxylic acids is 2. The van der Waals surface area contributed by atoms with Crippen molar-refractivity contribution >= 4 is 11.7 Å². The highest BCUT2D eigenvalue weighted by Gasteiger charge is 2.22. The Morgan fingerprint density at radius 2 is 2.15 bits per heavy atom. The lowest BCUT2D eigenvalue weighted by Crippen LogP contribution is -2.21. The van der Waals surface area contributed by atoms with Crippen LogP contribution in [0, 0.1) is 5.41 Å². The van der Waals surface area contributed by atoms with Crippen molar-refractivity contribution in [2.75, 3.05) is 0 Å². The molecule has 0 spiro atoms. The summed E-state index contributed by atoms with van der Waals surface area (Å²) in [5.41, 5.74) is 5.01. The maximum Gasteiger partial charge on any atom is 0.252 e. The topological polar surface area (TPSA) is 60.2 Å². The minimum Gasteiger partial charge on any atom is -0.365 e. The Bertz CT molecular complexity index is 311. The summed E-state index contributed by atoms with van der Waals surface area (Å²) in [6.07, 6.45) is 5.58. The number of hydrogen-bond acceptors (Lipinski definition) is 2. The summed E-state index contributed by atoms with van der Waals surface area (Å²) in [6.45, 7) is 3.91. The first-order valence-electron chi connectivity index (χ1n) is 4.16. The normalized spacial score (nSPS) is 20.8. The van der Waals surface area contributed by atoms with Crippen molar-refractivity contribution < 1.29 is 9.59 Å². The molecule has 0 radical (unpaired) electrons. The molecule has 0 aromatic carbocycles. The third-order valence-electron chi connectivity index (χ3n) is 1.98. The molecule has 3 nitrogen and oxygen atoms in total. The van der Waals surface area contributed by atoms with Gasteiger partial charge in [0.05, 0.1) is 5.57 Å². The first-order valence-corrected chi connectivity index (χ1v) is 4.16. The predicted octanol–water partition coefficient (Wildman–Crippen LogP) is 0.953. The molecule has 3 heteroatoms. The van der Waals surface area contributed by atoms with Crippen molar-refractivity contribution in [3.05, 3.63) is 23.8 Å². The average Bonchev–Trinajstić information content (AvgIpc) is 2.10. The van der Waals surface area contributed by atoms with Crippen molar-refractivity contribution in [2.45, 2.75) is 20.3 Å². The molecule has 1 aliphatic carbocycles. The average molecular weight is 179 g/mol. The second-order valence-corrected chi connectivity index (χ2v) is 3.88. The number of nitrogens with two attached hydrogens (primary N) is 1. The van der Waals surface area contributed by atoms with Gasteiger partial charge in [0.2, 0.25) is 0 Å². The molecule has 13 heavy (non-hydrogen) atoms. The molecule has 0 bridgehead atoms. The summed E-state index contributed by atoms with van der Waals surface area (Å²) in [4.78, 5) is 22.2. The molecule has 1 aliphatic rings. The molecule has 1 amide bonds. The molecule has 0 aromatic heterocycles. The van der Waals surface area contributed by atoms with Gasteiger partial charge in [-0.1, -0.05) is 26.0 Å². The van der Waals surface area contributed by atoms with Crippen LogP contribution in [-0.4, -0.2) is 11.7 Å². The maximum absolute atomic E-state index is 11.3. The van der Waals surface area contributed by atoms with E-state index in [1.807, 2.05) is 13.8 Å². The number of rotatable bonds is 1. The van der Waals surface area contributed by atoms with Crippen molar-refractivity contribution in [1.29, 1.82) is 0 Å². The van der Waals surface area contributed by atoms with E-state index in [1.54, 1.807) is 12.2 Å². The molecule has 70 valence electrons. The Morgan fingerprint density at radius 3 is 2.69 bits per heavy atom. The lowest BCUT2D eigenvalue weighted by molar-refractivity contribution is -0.118.